The largest absolute Gasteiger partial charge is 0.341 e. The summed E-state index contributed by atoms with van der Waals surface area (Å²) in [6, 6.07) is 8.43. The van der Waals surface area contributed by atoms with Gasteiger partial charge in [0, 0.05) is 45.6 Å². The Morgan fingerprint density at radius 3 is 2.92 bits per heavy atom. The summed E-state index contributed by atoms with van der Waals surface area (Å²) in [7, 11) is 2.04. The number of fused-ring (bicyclic) bond motifs is 1. The van der Waals surface area contributed by atoms with Gasteiger partial charge in [-0.2, -0.15) is 0 Å². The van der Waals surface area contributed by atoms with Crippen LogP contribution >= 0.6 is 0 Å². The molecular formula is C20H26N4O. The minimum atomic E-state index is 0.0669. The van der Waals surface area contributed by atoms with Crippen LogP contribution in [0.5, 0.6) is 0 Å². The number of amides is 1. The number of imidazole rings is 1. The molecule has 2 aromatic rings. The van der Waals surface area contributed by atoms with Crippen molar-refractivity contribution in [1.29, 1.82) is 0 Å². The first-order chi connectivity index (χ1) is 12.2. The second-order valence-corrected chi connectivity index (χ2v) is 7.20. The molecule has 1 saturated heterocycles. The number of carbonyl (C=O) groups excluding carboxylic acids is 1. The molecule has 0 unspecified atom stereocenters. The average molecular weight is 338 g/mol. The predicted molar refractivity (Wildman–Crippen MR) is 97.2 cm³/mol. The molecule has 1 aromatic heterocycles. The molecule has 2 heterocycles. The standard InChI is InChI=1S/C20H26N4O/c1-22-12-9-21-19(22)15-23-10-4-11-24(14-13-23)20(25)18-8-7-16-5-2-3-6-17(16)18/h2-3,5-6,9,12,18H,4,7-8,10-11,13-15H2,1H3/t18-/m1/s1. The van der Waals surface area contributed by atoms with Gasteiger partial charge in [-0.25, -0.2) is 4.98 Å². The van der Waals surface area contributed by atoms with Gasteiger partial charge in [0.05, 0.1) is 12.5 Å². The SMILES string of the molecule is Cn1ccnc1CN1CCCN(C(=O)[C@@H]2CCc3ccccc32)CC1. The van der Waals surface area contributed by atoms with Crippen molar-refractivity contribution in [2.24, 2.45) is 7.05 Å². The van der Waals surface area contributed by atoms with Crippen molar-refractivity contribution in [2.45, 2.75) is 31.7 Å². The summed E-state index contributed by atoms with van der Waals surface area (Å²) in [5.74, 6) is 1.48. The highest BCUT2D eigenvalue weighted by Crippen LogP contribution is 2.34. The van der Waals surface area contributed by atoms with E-state index >= 15 is 0 Å². The van der Waals surface area contributed by atoms with Crippen LogP contribution in [0.3, 0.4) is 0 Å². The molecule has 2 aliphatic rings. The Morgan fingerprint density at radius 2 is 2.08 bits per heavy atom. The Hall–Kier alpha value is -2.14. The maximum absolute atomic E-state index is 13.1. The highest BCUT2D eigenvalue weighted by molar-refractivity contribution is 5.85. The number of benzene rings is 1. The van der Waals surface area contributed by atoms with E-state index in [1.807, 2.05) is 19.4 Å². The van der Waals surface area contributed by atoms with E-state index in [4.69, 9.17) is 0 Å². The van der Waals surface area contributed by atoms with Crippen LogP contribution in [0.25, 0.3) is 0 Å². The summed E-state index contributed by atoms with van der Waals surface area (Å²) in [4.78, 5) is 22.0. The zero-order valence-corrected chi connectivity index (χ0v) is 14.9. The van der Waals surface area contributed by atoms with Crippen molar-refractivity contribution >= 4 is 5.91 Å². The van der Waals surface area contributed by atoms with Gasteiger partial charge in [-0.15, -0.1) is 0 Å². The summed E-state index contributed by atoms with van der Waals surface area (Å²) in [6.07, 6.45) is 6.86. The molecule has 1 aliphatic carbocycles. The summed E-state index contributed by atoms with van der Waals surface area (Å²) in [5.41, 5.74) is 2.61. The third-order valence-electron chi connectivity index (χ3n) is 5.62. The van der Waals surface area contributed by atoms with Crippen molar-refractivity contribution < 1.29 is 4.79 Å². The Morgan fingerprint density at radius 1 is 1.20 bits per heavy atom. The molecule has 1 amide bonds. The van der Waals surface area contributed by atoms with Gasteiger partial charge in [0.2, 0.25) is 5.91 Å². The minimum Gasteiger partial charge on any atom is -0.341 e. The number of carbonyl (C=O) groups is 1. The van der Waals surface area contributed by atoms with Crippen LogP contribution in [0, 0.1) is 0 Å². The normalized spacial score (nSPS) is 21.2. The van der Waals surface area contributed by atoms with E-state index in [1.54, 1.807) is 0 Å². The van der Waals surface area contributed by atoms with E-state index in [-0.39, 0.29) is 5.92 Å². The lowest BCUT2D eigenvalue weighted by Crippen LogP contribution is -2.37. The Kier molecular flexibility index (Phi) is 4.57. The minimum absolute atomic E-state index is 0.0669. The van der Waals surface area contributed by atoms with E-state index < -0.39 is 0 Å². The molecule has 1 aromatic carbocycles. The molecule has 0 spiro atoms. The van der Waals surface area contributed by atoms with Crippen molar-refractivity contribution in [2.75, 3.05) is 26.2 Å². The van der Waals surface area contributed by atoms with Gasteiger partial charge in [-0.1, -0.05) is 24.3 Å². The summed E-state index contributed by atoms with van der Waals surface area (Å²) in [5, 5.41) is 0. The summed E-state index contributed by atoms with van der Waals surface area (Å²) < 4.78 is 2.07. The molecule has 1 fully saturated rings. The van der Waals surface area contributed by atoms with Crippen LogP contribution in [0.15, 0.2) is 36.7 Å². The second kappa shape index (κ2) is 7.00. The Bertz CT molecular complexity index is 754. The molecule has 5 nitrogen and oxygen atoms in total. The maximum atomic E-state index is 13.1. The first-order valence-corrected chi connectivity index (χ1v) is 9.27. The van der Waals surface area contributed by atoms with E-state index in [9.17, 15) is 4.79 Å². The third-order valence-corrected chi connectivity index (χ3v) is 5.62. The second-order valence-electron chi connectivity index (χ2n) is 7.20. The fourth-order valence-electron chi connectivity index (χ4n) is 4.13. The summed E-state index contributed by atoms with van der Waals surface area (Å²) >= 11 is 0. The number of nitrogens with zero attached hydrogens (tertiary/aromatic N) is 4. The van der Waals surface area contributed by atoms with Gasteiger partial charge >= 0.3 is 0 Å². The van der Waals surface area contributed by atoms with Crippen LogP contribution in [-0.2, 0) is 24.8 Å². The highest BCUT2D eigenvalue weighted by atomic mass is 16.2. The monoisotopic (exact) mass is 338 g/mol. The molecule has 0 bridgehead atoms. The van der Waals surface area contributed by atoms with Crippen LogP contribution in [-0.4, -0.2) is 51.4 Å². The summed E-state index contributed by atoms with van der Waals surface area (Å²) in [6.45, 7) is 4.50. The highest BCUT2D eigenvalue weighted by Gasteiger charge is 2.32. The van der Waals surface area contributed by atoms with Crippen LogP contribution in [0.1, 0.15) is 35.7 Å². The van der Waals surface area contributed by atoms with Gasteiger partial charge in [0.15, 0.2) is 0 Å². The van der Waals surface area contributed by atoms with E-state index in [0.717, 1.165) is 57.8 Å². The van der Waals surface area contributed by atoms with Crippen LogP contribution in [0.2, 0.25) is 0 Å². The first kappa shape index (κ1) is 16.3. The molecule has 0 N–H and O–H groups in total. The number of hydrogen-bond acceptors (Lipinski definition) is 3. The Balaban J connectivity index is 1.39. The molecule has 132 valence electrons. The van der Waals surface area contributed by atoms with Gasteiger partial charge in [0.1, 0.15) is 5.82 Å². The van der Waals surface area contributed by atoms with Crippen molar-refractivity contribution in [3.05, 3.63) is 53.6 Å². The number of rotatable bonds is 3. The number of aromatic nitrogens is 2. The van der Waals surface area contributed by atoms with Gasteiger partial charge in [0.25, 0.3) is 0 Å². The molecule has 4 rings (SSSR count). The zero-order valence-electron chi connectivity index (χ0n) is 14.9. The molecule has 0 saturated carbocycles. The van der Waals surface area contributed by atoms with Crippen molar-refractivity contribution in [3.63, 3.8) is 0 Å². The lowest BCUT2D eigenvalue weighted by molar-refractivity contribution is -0.132. The fraction of sp³-hybridized carbons (Fsp3) is 0.500. The molecule has 0 radical (unpaired) electrons. The van der Waals surface area contributed by atoms with E-state index in [0.29, 0.717) is 5.91 Å². The van der Waals surface area contributed by atoms with Crippen LogP contribution < -0.4 is 0 Å². The number of aryl methyl sites for hydroxylation is 2. The smallest absolute Gasteiger partial charge is 0.230 e. The molecule has 1 atom stereocenters. The lowest BCUT2D eigenvalue weighted by Gasteiger charge is -2.25. The number of hydrogen-bond donors (Lipinski definition) is 0. The van der Waals surface area contributed by atoms with Crippen molar-refractivity contribution in [3.8, 4) is 0 Å². The zero-order chi connectivity index (χ0) is 17.2. The van der Waals surface area contributed by atoms with Gasteiger partial charge in [-0.3, -0.25) is 9.69 Å². The fourth-order valence-corrected chi connectivity index (χ4v) is 4.13. The Labute approximate surface area is 149 Å². The maximum Gasteiger partial charge on any atom is 0.230 e. The van der Waals surface area contributed by atoms with E-state index in [2.05, 4.69) is 43.6 Å². The predicted octanol–water partition coefficient (Wildman–Crippen LogP) is 2.18. The topological polar surface area (TPSA) is 41.4 Å². The quantitative estimate of drug-likeness (QED) is 0.861. The lowest BCUT2D eigenvalue weighted by atomic mass is 10.00. The average Bonchev–Trinajstić information content (AvgIpc) is 3.15. The van der Waals surface area contributed by atoms with E-state index in [1.165, 1.54) is 11.1 Å². The third kappa shape index (κ3) is 3.33. The molecule has 1 aliphatic heterocycles. The first-order valence-electron chi connectivity index (χ1n) is 9.27. The molecule has 5 heteroatoms. The molecule has 25 heavy (non-hydrogen) atoms. The van der Waals surface area contributed by atoms with Crippen molar-refractivity contribution in [1.82, 2.24) is 19.4 Å². The van der Waals surface area contributed by atoms with Crippen LogP contribution in [0.4, 0.5) is 0 Å². The molecular weight excluding hydrogens is 312 g/mol. The van der Waals surface area contributed by atoms with Gasteiger partial charge < -0.3 is 9.47 Å². The van der Waals surface area contributed by atoms with Gasteiger partial charge in [-0.05, 0) is 30.4 Å².